The van der Waals surface area contributed by atoms with Crippen LogP contribution < -0.4 is 10.0 Å². The predicted octanol–water partition coefficient (Wildman–Crippen LogP) is 1.38. The Morgan fingerprint density at radius 2 is 1.81 bits per heavy atom. The van der Waals surface area contributed by atoms with Crippen LogP contribution in [0.25, 0.3) is 0 Å². The van der Waals surface area contributed by atoms with Gasteiger partial charge in [0.1, 0.15) is 5.82 Å². The van der Waals surface area contributed by atoms with Crippen molar-refractivity contribution in [1.29, 1.82) is 0 Å². The first kappa shape index (κ1) is 14.9. The van der Waals surface area contributed by atoms with Crippen LogP contribution in [0.4, 0.5) is 10.2 Å². The number of benzene rings is 1. The molecule has 1 heterocycles. The third-order valence-electron chi connectivity index (χ3n) is 2.61. The molecule has 2 aromatic rings. The molecule has 6 nitrogen and oxygen atoms in total. The molecule has 2 rings (SSSR count). The molecule has 8 heteroatoms. The standard InChI is InChI=1S/C13H12FN3O3S/c1-15-13(18)9-5-7-10(8-6-9)21(19,20)17-12-4-2-3-11(14)16-12/h2-8H,1H3,(H,15,18)(H,16,17). The van der Waals surface area contributed by atoms with Crippen LogP contribution in [0.5, 0.6) is 0 Å². The lowest BCUT2D eigenvalue weighted by Crippen LogP contribution is -2.18. The SMILES string of the molecule is CNC(=O)c1ccc(S(=O)(=O)Nc2cccc(F)n2)cc1. The number of pyridine rings is 1. The largest absolute Gasteiger partial charge is 0.355 e. The Kier molecular flexibility index (Phi) is 4.18. The molecule has 1 aromatic heterocycles. The third-order valence-corrected chi connectivity index (χ3v) is 3.98. The molecule has 0 saturated carbocycles. The maximum atomic E-state index is 12.9. The number of carbonyl (C=O) groups is 1. The van der Waals surface area contributed by atoms with Gasteiger partial charge in [-0.15, -0.1) is 0 Å². The van der Waals surface area contributed by atoms with Crippen molar-refractivity contribution in [2.24, 2.45) is 0 Å². The molecule has 0 atom stereocenters. The van der Waals surface area contributed by atoms with Crippen molar-refractivity contribution in [2.45, 2.75) is 4.90 Å². The lowest BCUT2D eigenvalue weighted by atomic mass is 10.2. The number of halogens is 1. The van der Waals surface area contributed by atoms with Crippen LogP contribution in [0.3, 0.4) is 0 Å². The van der Waals surface area contributed by atoms with Crippen molar-refractivity contribution in [3.8, 4) is 0 Å². The minimum Gasteiger partial charge on any atom is -0.355 e. The van der Waals surface area contributed by atoms with Gasteiger partial charge in [0.2, 0.25) is 5.95 Å². The summed E-state index contributed by atoms with van der Waals surface area (Å²) in [6.45, 7) is 0. The molecule has 21 heavy (non-hydrogen) atoms. The molecule has 0 unspecified atom stereocenters. The highest BCUT2D eigenvalue weighted by Crippen LogP contribution is 2.15. The van der Waals surface area contributed by atoms with Gasteiger partial charge in [0.25, 0.3) is 15.9 Å². The summed E-state index contributed by atoms with van der Waals surface area (Å²) in [5.74, 6) is -1.23. The van der Waals surface area contributed by atoms with E-state index in [1.165, 1.54) is 43.4 Å². The van der Waals surface area contributed by atoms with E-state index >= 15 is 0 Å². The van der Waals surface area contributed by atoms with E-state index < -0.39 is 16.0 Å². The number of carbonyl (C=O) groups excluding carboxylic acids is 1. The lowest BCUT2D eigenvalue weighted by Gasteiger charge is -2.08. The normalized spacial score (nSPS) is 11.0. The highest BCUT2D eigenvalue weighted by molar-refractivity contribution is 7.92. The van der Waals surface area contributed by atoms with Crippen LogP contribution in [0.2, 0.25) is 0 Å². The summed E-state index contributed by atoms with van der Waals surface area (Å²) < 4.78 is 39.3. The highest BCUT2D eigenvalue weighted by atomic mass is 32.2. The van der Waals surface area contributed by atoms with Crippen molar-refractivity contribution in [3.63, 3.8) is 0 Å². The molecule has 0 aliphatic rings. The molecule has 0 fully saturated rings. The van der Waals surface area contributed by atoms with Gasteiger partial charge in [-0.25, -0.2) is 13.4 Å². The molecule has 2 N–H and O–H groups in total. The summed E-state index contributed by atoms with van der Waals surface area (Å²) in [5, 5.41) is 2.43. The number of nitrogens with zero attached hydrogens (tertiary/aromatic N) is 1. The Morgan fingerprint density at radius 1 is 1.14 bits per heavy atom. The number of nitrogens with one attached hydrogen (secondary N) is 2. The molecule has 0 spiro atoms. The van der Waals surface area contributed by atoms with Crippen LogP contribution in [0, 0.1) is 5.95 Å². The molecule has 1 aromatic carbocycles. The predicted molar refractivity (Wildman–Crippen MR) is 74.8 cm³/mol. The zero-order chi connectivity index (χ0) is 15.5. The summed E-state index contributed by atoms with van der Waals surface area (Å²) in [6, 6.07) is 9.11. The summed E-state index contributed by atoms with van der Waals surface area (Å²) in [4.78, 5) is 14.7. The van der Waals surface area contributed by atoms with Crippen molar-refractivity contribution in [2.75, 3.05) is 11.8 Å². The Balaban J connectivity index is 2.25. The zero-order valence-corrected chi connectivity index (χ0v) is 11.8. The van der Waals surface area contributed by atoms with Gasteiger partial charge in [-0.1, -0.05) is 6.07 Å². The van der Waals surface area contributed by atoms with Crippen molar-refractivity contribution in [3.05, 3.63) is 54.0 Å². The average molecular weight is 309 g/mol. The fourth-order valence-electron chi connectivity index (χ4n) is 1.59. The first-order valence-corrected chi connectivity index (χ1v) is 7.38. The van der Waals surface area contributed by atoms with E-state index in [2.05, 4.69) is 15.0 Å². The molecule has 0 radical (unpaired) electrons. The van der Waals surface area contributed by atoms with E-state index in [1.54, 1.807) is 0 Å². The molecule has 0 aliphatic carbocycles. The van der Waals surface area contributed by atoms with E-state index in [9.17, 15) is 17.6 Å². The Morgan fingerprint density at radius 3 is 2.38 bits per heavy atom. The van der Waals surface area contributed by atoms with Crippen LogP contribution >= 0.6 is 0 Å². The van der Waals surface area contributed by atoms with Crippen LogP contribution in [-0.4, -0.2) is 26.4 Å². The van der Waals surface area contributed by atoms with Gasteiger partial charge in [0, 0.05) is 12.6 Å². The summed E-state index contributed by atoms with van der Waals surface area (Å²) in [5.41, 5.74) is 0.334. The summed E-state index contributed by atoms with van der Waals surface area (Å²) in [7, 11) is -2.41. The number of anilines is 1. The van der Waals surface area contributed by atoms with Crippen molar-refractivity contribution >= 4 is 21.7 Å². The number of amides is 1. The fourth-order valence-corrected chi connectivity index (χ4v) is 2.59. The molecule has 1 amide bonds. The average Bonchev–Trinajstić information content (AvgIpc) is 2.46. The second-order valence-corrected chi connectivity index (χ2v) is 5.74. The Labute approximate surface area is 121 Å². The van der Waals surface area contributed by atoms with Crippen LogP contribution in [0.15, 0.2) is 47.4 Å². The molecule has 110 valence electrons. The second-order valence-electron chi connectivity index (χ2n) is 4.05. The number of sulfonamides is 1. The smallest absolute Gasteiger partial charge is 0.263 e. The minimum absolute atomic E-state index is 0.0544. The lowest BCUT2D eigenvalue weighted by molar-refractivity contribution is 0.0963. The maximum absolute atomic E-state index is 12.9. The van der Waals surface area contributed by atoms with Gasteiger partial charge in [0.05, 0.1) is 4.90 Å². The quantitative estimate of drug-likeness (QED) is 0.835. The maximum Gasteiger partial charge on any atom is 0.263 e. The van der Waals surface area contributed by atoms with E-state index in [-0.39, 0.29) is 16.6 Å². The van der Waals surface area contributed by atoms with E-state index in [0.29, 0.717) is 5.56 Å². The molecule has 0 bridgehead atoms. The molecule has 0 saturated heterocycles. The third kappa shape index (κ3) is 3.54. The topological polar surface area (TPSA) is 88.2 Å². The van der Waals surface area contributed by atoms with Crippen LogP contribution in [0.1, 0.15) is 10.4 Å². The monoisotopic (exact) mass is 309 g/mol. The number of aromatic nitrogens is 1. The van der Waals surface area contributed by atoms with E-state index in [4.69, 9.17) is 0 Å². The van der Waals surface area contributed by atoms with Gasteiger partial charge >= 0.3 is 0 Å². The van der Waals surface area contributed by atoms with Gasteiger partial charge in [-0.3, -0.25) is 9.52 Å². The summed E-state index contributed by atoms with van der Waals surface area (Å²) in [6.07, 6.45) is 0. The molecule has 0 aliphatic heterocycles. The Hall–Kier alpha value is -2.48. The van der Waals surface area contributed by atoms with Crippen molar-refractivity contribution in [1.82, 2.24) is 10.3 Å². The summed E-state index contributed by atoms with van der Waals surface area (Å²) >= 11 is 0. The number of hydrogen-bond acceptors (Lipinski definition) is 4. The van der Waals surface area contributed by atoms with Gasteiger partial charge < -0.3 is 5.32 Å². The van der Waals surface area contributed by atoms with Gasteiger partial charge in [0.15, 0.2) is 0 Å². The highest BCUT2D eigenvalue weighted by Gasteiger charge is 2.15. The number of hydrogen-bond donors (Lipinski definition) is 2. The van der Waals surface area contributed by atoms with Gasteiger partial charge in [-0.05, 0) is 36.4 Å². The first-order chi connectivity index (χ1) is 9.92. The zero-order valence-electron chi connectivity index (χ0n) is 11.0. The van der Waals surface area contributed by atoms with Crippen LogP contribution in [-0.2, 0) is 10.0 Å². The number of rotatable bonds is 4. The fraction of sp³-hybridized carbons (Fsp3) is 0.0769. The van der Waals surface area contributed by atoms with Gasteiger partial charge in [-0.2, -0.15) is 4.39 Å². The van der Waals surface area contributed by atoms with E-state index in [0.717, 1.165) is 6.07 Å². The van der Waals surface area contributed by atoms with Crippen molar-refractivity contribution < 1.29 is 17.6 Å². The first-order valence-electron chi connectivity index (χ1n) is 5.90. The minimum atomic E-state index is -3.89. The second kappa shape index (κ2) is 5.88. The molecular formula is C13H12FN3O3S. The van der Waals surface area contributed by atoms with E-state index in [1.807, 2.05) is 0 Å². The Bertz CT molecular complexity index is 760. The molecular weight excluding hydrogens is 297 g/mol.